The largest absolute Gasteiger partial charge is 0.514 e. The maximum Gasteiger partial charge on any atom is 0.332 e. The number of para-hydroxylation sites is 8. The van der Waals surface area contributed by atoms with Crippen molar-refractivity contribution in [2.45, 2.75) is 0 Å². The van der Waals surface area contributed by atoms with E-state index in [1.807, 2.05) is 265 Å². The van der Waals surface area contributed by atoms with Crippen molar-refractivity contribution in [2.24, 2.45) is 38.2 Å². The Kier molecular flexibility index (Phi) is 20.5. The average molecular weight is 1630 g/mol. The summed E-state index contributed by atoms with van der Waals surface area (Å²) < 4.78 is 17.6. The van der Waals surface area contributed by atoms with Crippen LogP contribution in [0, 0.1) is 25.5 Å². The van der Waals surface area contributed by atoms with Gasteiger partial charge in [0.1, 0.15) is 34.2 Å². The van der Waals surface area contributed by atoms with Gasteiger partial charge in [0.05, 0.1) is 0 Å². The van der Waals surface area contributed by atoms with Crippen LogP contribution in [0.2, 0.25) is 0 Å². The zero-order valence-electron chi connectivity index (χ0n) is 52.0. The van der Waals surface area contributed by atoms with Crippen LogP contribution in [0.5, 0.6) is 0 Å². The van der Waals surface area contributed by atoms with Crippen molar-refractivity contribution in [3.8, 4) is 0 Å². The van der Waals surface area contributed by atoms with Gasteiger partial charge in [-0.15, -0.1) is 13.3 Å². The van der Waals surface area contributed by atoms with Crippen LogP contribution in [0.1, 0.15) is 0 Å². The van der Waals surface area contributed by atoms with Gasteiger partial charge in [0.15, 0.2) is 0 Å². The summed E-state index contributed by atoms with van der Waals surface area (Å²) in [6.07, 6.45) is 3.15. The molecule has 0 unspecified atom stereocenters. The first-order valence-electron chi connectivity index (χ1n) is 29.9. The summed E-state index contributed by atoms with van der Waals surface area (Å²) in [6.45, 7) is 3.61. The number of hydrogen-bond acceptors (Lipinski definition) is 12. The first-order valence-corrected chi connectivity index (χ1v) is 29.9. The van der Waals surface area contributed by atoms with Crippen molar-refractivity contribution in [2.75, 3.05) is 19.6 Å². The van der Waals surface area contributed by atoms with E-state index in [1.165, 1.54) is 23.2 Å². The molecule has 0 aliphatic carbocycles. The monoisotopic (exact) mass is 1620 g/mol. The summed E-state index contributed by atoms with van der Waals surface area (Å²) in [7, 11) is 6.30. The predicted octanol–water partition coefficient (Wildman–Crippen LogP) is 16.5. The Morgan fingerprint density at radius 2 is 0.698 bits per heavy atom. The summed E-state index contributed by atoms with van der Waals surface area (Å²) >= 11 is 0. The fraction of sp³-hybridized carbons (Fsp3) is 0.0526. The molecular weight excluding hydrogens is 1570 g/mol. The number of aromatic nitrogens is 4. The fourth-order valence-corrected chi connectivity index (χ4v) is 11.0. The van der Waals surface area contributed by atoms with Crippen LogP contribution in [0.25, 0.3) is 54.5 Å². The molecular formula is C76H58N12O6Pt2-6. The van der Waals surface area contributed by atoms with Gasteiger partial charge in [0, 0.05) is 104 Å². The van der Waals surface area contributed by atoms with Gasteiger partial charge in [-0.2, -0.15) is 36.4 Å². The third-order valence-electron chi connectivity index (χ3n) is 15.7. The zero-order valence-corrected chi connectivity index (χ0v) is 56.6. The van der Waals surface area contributed by atoms with E-state index in [9.17, 15) is 19.2 Å². The van der Waals surface area contributed by atoms with Gasteiger partial charge < -0.3 is 49.1 Å². The Bertz CT molecular complexity index is 5000. The normalized spacial score (nSPS) is 12.1. The van der Waals surface area contributed by atoms with Gasteiger partial charge in [0.25, 0.3) is 11.1 Å². The fourth-order valence-electron chi connectivity index (χ4n) is 11.0. The summed E-state index contributed by atoms with van der Waals surface area (Å²) in [6, 6.07) is 87.9. The summed E-state index contributed by atoms with van der Waals surface area (Å²) in [5.41, 5.74) is 8.46. The van der Waals surface area contributed by atoms with Crippen molar-refractivity contribution >= 4 is 125 Å². The van der Waals surface area contributed by atoms with Gasteiger partial charge in [-0.25, -0.2) is 9.59 Å². The second-order valence-corrected chi connectivity index (χ2v) is 21.6. The summed E-state index contributed by atoms with van der Waals surface area (Å²) in [5.74, 6) is 0.983. The first-order chi connectivity index (χ1) is 46.0. The number of nitrogens with zero attached hydrogens (tertiary/aromatic N) is 12. The van der Waals surface area contributed by atoms with E-state index in [2.05, 4.69) is 32.8 Å². The maximum absolute atomic E-state index is 13.3. The number of fused-ring (bicyclic) bond motifs is 8. The molecule has 484 valence electrons. The molecule has 0 fully saturated rings. The van der Waals surface area contributed by atoms with Gasteiger partial charge in [-0.1, -0.05) is 229 Å². The number of aliphatic imine (C=N–C) groups is 2. The molecule has 0 spiro atoms. The van der Waals surface area contributed by atoms with Crippen molar-refractivity contribution < 1.29 is 51.0 Å². The van der Waals surface area contributed by atoms with E-state index in [-0.39, 0.29) is 53.2 Å². The molecule has 20 heteroatoms. The first kappa shape index (κ1) is 66.1. The predicted molar refractivity (Wildman–Crippen MR) is 377 cm³/mol. The molecule has 10 aromatic carbocycles. The Balaban J connectivity index is 0.000000137. The standard InChI is InChI=1S/2C25H18N4O3.2C13H11N2.2Pt/c2*1-26-23-21(24(30)27(2)25(26)31)29(15-28(23)16-9-4-3-5-10-16)19-13-8-12-18-17-11-6-7-14-20(17)32-22(18)19;2*1-3-7-12(8-4-1)14-11-15-13-9-5-2-6-10-13;;/h2*3-12,14-15H,1-2H3;2*1-11H;;/q2*-2;2*-1;;. The molecule has 0 bridgehead atoms. The molecule has 16 rings (SSSR count). The SMILES string of the molecule is C(=Nc1ccccc1)[N-]c1ccccc1.C(=Nc1ccccc1)[N-]c1ccccc1.Cn1c2c(c(=O)n(C)c1=O)N(c1[c-]ccc3c1oc1ccccc13)[CH-]N2c1ccccc1.Cn1c2c(c(=O)n(C)c1=O)N(c1[c-]ccc3c1oc1ccccc13)[CH-]N2c1ccccc1.[Pt].[Pt]. The van der Waals surface area contributed by atoms with Crippen LogP contribution in [-0.4, -0.2) is 30.9 Å². The van der Waals surface area contributed by atoms with Crippen LogP contribution < -0.4 is 42.1 Å². The maximum atomic E-state index is 13.3. The van der Waals surface area contributed by atoms with E-state index >= 15 is 0 Å². The number of furan rings is 2. The van der Waals surface area contributed by atoms with E-state index in [4.69, 9.17) is 8.83 Å². The van der Waals surface area contributed by atoms with Crippen LogP contribution in [0.4, 0.5) is 68.5 Å². The van der Waals surface area contributed by atoms with Crippen molar-refractivity contribution in [3.05, 3.63) is 333 Å². The van der Waals surface area contributed by atoms with E-state index in [0.29, 0.717) is 45.6 Å². The number of benzene rings is 10. The Morgan fingerprint density at radius 3 is 1.06 bits per heavy atom. The molecule has 0 amide bonds. The molecule has 2 aliphatic heterocycles. The molecule has 18 nitrogen and oxygen atoms in total. The summed E-state index contributed by atoms with van der Waals surface area (Å²) in [4.78, 5) is 67.7. The minimum absolute atomic E-state index is 0. The van der Waals surface area contributed by atoms with Crippen molar-refractivity contribution in [1.82, 2.24) is 18.3 Å². The molecule has 4 aromatic heterocycles. The molecule has 0 N–H and O–H groups in total. The Hall–Kier alpha value is -11.3. The van der Waals surface area contributed by atoms with Crippen LogP contribution in [0.15, 0.2) is 293 Å². The van der Waals surface area contributed by atoms with E-state index < -0.39 is 11.4 Å². The van der Waals surface area contributed by atoms with Gasteiger partial charge in [-0.3, -0.25) is 27.9 Å². The minimum atomic E-state index is -0.393. The van der Waals surface area contributed by atoms with Gasteiger partial charge in [-0.05, 0) is 59.1 Å². The van der Waals surface area contributed by atoms with Crippen LogP contribution in [-0.2, 0) is 70.3 Å². The van der Waals surface area contributed by atoms with E-state index in [1.54, 1.807) is 49.9 Å². The molecule has 0 atom stereocenters. The average Bonchev–Trinajstić information content (AvgIpc) is 1.57. The Labute approximate surface area is 580 Å². The molecule has 0 saturated carbocycles. The van der Waals surface area contributed by atoms with Gasteiger partial charge >= 0.3 is 11.4 Å². The van der Waals surface area contributed by atoms with Crippen LogP contribution >= 0.6 is 0 Å². The molecule has 2 aliphatic rings. The zero-order chi connectivity index (χ0) is 64.7. The van der Waals surface area contributed by atoms with Crippen LogP contribution in [0.3, 0.4) is 0 Å². The Morgan fingerprint density at radius 1 is 0.375 bits per heavy atom. The molecule has 6 heterocycles. The van der Waals surface area contributed by atoms with Crippen molar-refractivity contribution in [1.29, 1.82) is 0 Å². The molecule has 14 aromatic rings. The quantitative estimate of drug-likeness (QED) is 0.0726. The third-order valence-corrected chi connectivity index (χ3v) is 15.7. The number of hydrogen-bond donors (Lipinski definition) is 0. The molecule has 0 radical (unpaired) electrons. The third kappa shape index (κ3) is 13.4. The van der Waals surface area contributed by atoms with E-state index in [0.717, 1.165) is 76.0 Å². The second-order valence-electron chi connectivity index (χ2n) is 21.6. The van der Waals surface area contributed by atoms with Gasteiger partial charge in [0.2, 0.25) is 0 Å². The molecule has 96 heavy (non-hydrogen) atoms. The molecule has 0 saturated heterocycles. The minimum Gasteiger partial charge on any atom is -0.514 e. The smallest absolute Gasteiger partial charge is 0.332 e. The number of rotatable bonds is 10. The second kappa shape index (κ2) is 29.7. The number of anilines is 8. The van der Waals surface area contributed by atoms with Crippen molar-refractivity contribution in [3.63, 3.8) is 0 Å². The summed E-state index contributed by atoms with van der Waals surface area (Å²) in [5, 5.41) is 12.3. The topological polar surface area (TPSA) is 180 Å².